The van der Waals surface area contributed by atoms with Gasteiger partial charge in [-0.15, -0.1) is 0 Å². The fraction of sp³-hybridized carbons (Fsp3) is 0.238. The van der Waals surface area contributed by atoms with E-state index < -0.39 is 8.07 Å². The Morgan fingerprint density at radius 2 is 0.773 bits per heavy atom. The van der Waals surface area contributed by atoms with E-state index in [0.29, 0.717) is 0 Å². The smallest absolute Gasteiger partial charge is 0.0369 e. The molecule has 0 N–H and O–H groups in total. The second-order valence-corrected chi connectivity index (χ2v) is 14.7. The summed E-state index contributed by atoms with van der Waals surface area (Å²) in [5.41, 5.74) is 10.9. The molecule has 0 amide bonds. The number of hydrogen-bond donors (Lipinski definition) is 0. The largest absolute Gasteiger partial charge is 0.261 e. The molecule has 0 fully saturated rings. The highest BCUT2D eigenvalue weighted by Crippen LogP contribution is 2.53. The first-order chi connectivity index (χ1) is 21.1. The van der Waals surface area contributed by atoms with E-state index in [0.717, 1.165) is 0 Å². The molecule has 0 bridgehead atoms. The number of aryl methyl sites for hydroxylation is 6. The SMILES string of the molecule is Cc1cc(C)c(P(c2c(C)cc(C)cc2C)N([C@@H](C)c2ccc3ccccc3c2)[C@@H](C)c2ccc3ccccc3c2)c(C)c1. The van der Waals surface area contributed by atoms with Crippen LogP contribution in [-0.2, 0) is 0 Å². The molecule has 0 saturated carbocycles. The third kappa shape index (κ3) is 5.72. The van der Waals surface area contributed by atoms with Gasteiger partial charge in [0.25, 0.3) is 0 Å². The zero-order chi connectivity index (χ0) is 31.1. The highest BCUT2D eigenvalue weighted by atomic mass is 31.1. The normalized spacial score (nSPS) is 13.2. The Morgan fingerprint density at radius 1 is 0.432 bits per heavy atom. The van der Waals surface area contributed by atoms with Gasteiger partial charge in [0.1, 0.15) is 0 Å². The quantitative estimate of drug-likeness (QED) is 0.166. The fourth-order valence-electron chi connectivity index (χ4n) is 7.28. The Labute approximate surface area is 265 Å². The molecule has 0 aliphatic heterocycles. The average molecular weight is 594 g/mol. The van der Waals surface area contributed by atoms with Crippen LogP contribution in [0.25, 0.3) is 21.5 Å². The third-order valence-corrected chi connectivity index (χ3v) is 12.6. The van der Waals surface area contributed by atoms with E-state index in [1.807, 2.05) is 0 Å². The average Bonchev–Trinajstić information content (AvgIpc) is 2.99. The summed E-state index contributed by atoms with van der Waals surface area (Å²) in [6, 6.07) is 41.5. The van der Waals surface area contributed by atoms with Crippen molar-refractivity contribution in [2.24, 2.45) is 0 Å². The van der Waals surface area contributed by atoms with Crippen molar-refractivity contribution >= 4 is 40.2 Å². The Morgan fingerprint density at radius 3 is 1.14 bits per heavy atom. The van der Waals surface area contributed by atoms with Gasteiger partial charge < -0.3 is 0 Å². The van der Waals surface area contributed by atoms with Crippen molar-refractivity contribution in [3.05, 3.63) is 154 Å². The molecule has 2 atom stereocenters. The Kier molecular flexibility index (Phi) is 8.47. The minimum Gasteiger partial charge on any atom is -0.261 e. The van der Waals surface area contributed by atoms with Crippen LogP contribution in [0.5, 0.6) is 0 Å². The van der Waals surface area contributed by atoms with Gasteiger partial charge in [-0.3, -0.25) is 4.67 Å². The van der Waals surface area contributed by atoms with Crippen LogP contribution in [0.2, 0.25) is 0 Å². The molecule has 1 nitrogen and oxygen atoms in total. The van der Waals surface area contributed by atoms with Gasteiger partial charge in [-0.2, -0.15) is 0 Å². The molecule has 222 valence electrons. The monoisotopic (exact) mass is 593 g/mol. The summed E-state index contributed by atoms with van der Waals surface area (Å²) in [6.45, 7) is 18.6. The number of benzene rings is 6. The third-order valence-electron chi connectivity index (χ3n) is 9.23. The van der Waals surface area contributed by atoms with Crippen LogP contribution in [-0.4, -0.2) is 4.67 Å². The summed E-state index contributed by atoms with van der Waals surface area (Å²) < 4.78 is 2.86. The molecule has 0 aliphatic carbocycles. The summed E-state index contributed by atoms with van der Waals surface area (Å²) >= 11 is 0. The van der Waals surface area contributed by atoms with Gasteiger partial charge in [0.05, 0.1) is 0 Å². The highest BCUT2D eigenvalue weighted by molar-refractivity contribution is 7.71. The van der Waals surface area contributed by atoms with Crippen molar-refractivity contribution < 1.29 is 0 Å². The molecule has 0 aliphatic rings. The van der Waals surface area contributed by atoms with E-state index in [9.17, 15) is 0 Å². The standard InChI is InChI=1S/C42H44NP/c1-27-21-29(3)41(30(4)22-27)44(42-31(5)23-28(2)24-32(42)6)43(33(7)37-19-17-35-13-9-11-15-39(35)25-37)34(8)38-20-18-36-14-10-12-16-40(36)26-38/h9-26,33-34H,1-8H3/t33-,34-/m0/s1. The molecule has 0 spiro atoms. The van der Waals surface area contributed by atoms with Crippen molar-refractivity contribution in [2.75, 3.05) is 0 Å². The maximum absolute atomic E-state index is 2.86. The molecular weight excluding hydrogens is 549 g/mol. The lowest BCUT2D eigenvalue weighted by Crippen LogP contribution is -2.36. The lowest BCUT2D eigenvalue weighted by molar-refractivity contribution is 0.303. The van der Waals surface area contributed by atoms with Gasteiger partial charge in [0, 0.05) is 30.8 Å². The van der Waals surface area contributed by atoms with Crippen molar-refractivity contribution in [1.82, 2.24) is 4.67 Å². The van der Waals surface area contributed by atoms with E-state index in [1.54, 1.807) is 0 Å². The first-order valence-corrected chi connectivity index (χ1v) is 17.1. The number of rotatable bonds is 7. The summed E-state index contributed by atoms with van der Waals surface area (Å²) in [4.78, 5) is 0. The second kappa shape index (κ2) is 12.3. The van der Waals surface area contributed by atoms with Crippen LogP contribution >= 0.6 is 8.07 Å². The van der Waals surface area contributed by atoms with E-state index in [4.69, 9.17) is 0 Å². The number of nitrogens with zero attached hydrogens (tertiary/aromatic N) is 1. The van der Waals surface area contributed by atoms with Crippen LogP contribution in [0.3, 0.4) is 0 Å². The van der Waals surface area contributed by atoms with Gasteiger partial charge in [0.15, 0.2) is 0 Å². The molecule has 2 heteroatoms. The van der Waals surface area contributed by atoms with E-state index in [2.05, 4.69) is 169 Å². The molecular formula is C42H44NP. The maximum Gasteiger partial charge on any atom is 0.0369 e. The topological polar surface area (TPSA) is 3.24 Å². The van der Waals surface area contributed by atoms with Crippen molar-refractivity contribution in [3.63, 3.8) is 0 Å². The van der Waals surface area contributed by atoms with Crippen LogP contribution < -0.4 is 10.6 Å². The highest BCUT2D eigenvalue weighted by Gasteiger charge is 2.36. The first kappa shape index (κ1) is 30.3. The molecule has 44 heavy (non-hydrogen) atoms. The predicted molar refractivity (Wildman–Crippen MR) is 194 cm³/mol. The van der Waals surface area contributed by atoms with Gasteiger partial charge in [-0.1, -0.05) is 108 Å². The van der Waals surface area contributed by atoms with Crippen molar-refractivity contribution in [1.29, 1.82) is 0 Å². The van der Waals surface area contributed by atoms with Crippen LogP contribution in [0.1, 0.15) is 70.4 Å². The summed E-state index contributed by atoms with van der Waals surface area (Å²) in [6.07, 6.45) is 0. The van der Waals surface area contributed by atoms with E-state index in [1.165, 1.54) is 76.7 Å². The Hall–Kier alpha value is -3.77. The molecule has 6 rings (SSSR count). The molecule has 6 aromatic rings. The number of fused-ring (bicyclic) bond motifs is 2. The maximum atomic E-state index is 2.86. The minimum atomic E-state index is -0.902. The first-order valence-electron chi connectivity index (χ1n) is 15.8. The molecule has 0 unspecified atom stereocenters. The predicted octanol–water partition coefficient (Wildman–Crippen LogP) is 11.0. The van der Waals surface area contributed by atoms with Gasteiger partial charge in [-0.05, 0) is 122 Å². The lowest BCUT2D eigenvalue weighted by Gasteiger charge is -2.44. The van der Waals surface area contributed by atoms with Crippen molar-refractivity contribution in [3.8, 4) is 0 Å². The zero-order valence-corrected chi connectivity index (χ0v) is 28.3. The fourth-order valence-corrected chi connectivity index (χ4v) is 10.5. The zero-order valence-electron chi connectivity index (χ0n) is 27.4. The summed E-state index contributed by atoms with van der Waals surface area (Å²) in [5.74, 6) is 0. The lowest BCUT2D eigenvalue weighted by atomic mass is 9.99. The van der Waals surface area contributed by atoms with Crippen LogP contribution in [0, 0.1) is 41.5 Å². The second-order valence-electron chi connectivity index (χ2n) is 12.8. The summed E-state index contributed by atoms with van der Waals surface area (Å²) in [7, 11) is -0.902. The molecule has 0 radical (unpaired) electrons. The Bertz CT molecular complexity index is 1800. The van der Waals surface area contributed by atoms with Gasteiger partial charge in [-0.25, -0.2) is 0 Å². The molecule has 0 saturated heterocycles. The summed E-state index contributed by atoms with van der Waals surface area (Å²) in [5, 5.41) is 8.14. The molecule has 6 aromatic carbocycles. The minimum absolute atomic E-state index is 0.174. The molecule has 0 heterocycles. The van der Waals surface area contributed by atoms with Gasteiger partial charge in [0.2, 0.25) is 0 Å². The van der Waals surface area contributed by atoms with Crippen LogP contribution in [0.15, 0.2) is 109 Å². The number of hydrogen-bond acceptors (Lipinski definition) is 1. The van der Waals surface area contributed by atoms with Gasteiger partial charge >= 0.3 is 0 Å². The van der Waals surface area contributed by atoms with E-state index in [-0.39, 0.29) is 12.1 Å². The van der Waals surface area contributed by atoms with Crippen LogP contribution in [0.4, 0.5) is 0 Å². The van der Waals surface area contributed by atoms with Crippen molar-refractivity contribution in [2.45, 2.75) is 67.5 Å². The Balaban J connectivity index is 1.63. The van der Waals surface area contributed by atoms with E-state index >= 15 is 0 Å². The molecule has 0 aromatic heterocycles.